The summed E-state index contributed by atoms with van der Waals surface area (Å²) in [6, 6.07) is 6.82. The van der Waals surface area contributed by atoms with E-state index in [1.807, 2.05) is 17.6 Å². The number of esters is 1. The normalized spacial score (nSPS) is 11.9. The predicted molar refractivity (Wildman–Crippen MR) is 103 cm³/mol. The molecule has 28 heavy (non-hydrogen) atoms. The number of hydrogen-bond donors (Lipinski definition) is 0. The van der Waals surface area contributed by atoms with Crippen molar-refractivity contribution in [3.05, 3.63) is 46.1 Å². The van der Waals surface area contributed by atoms with E-state index in [9.17, 15) is 9.59 Å². The smallest absolute Gasteiger partial charge is 0.338 e. The lowest BCUT2D eigenvalue weighted by Gasteiger charge is -2.06. The molecule has 1 amide bonds. The van der Waals surface area contributed by atoms with E-state index in [0.29, 0.717) is 42.4 Å². The van der Waals surface area contributed by atoms with E-state index < -0.39 is 5.91 Å². The summed E-state index contributed by atoms with van der Waals surface area (Å²) >= 11 is 1.31. The summed E-state index contributed by atoms with van der Waals surface area (Å²) in [6.45, 7) is 7.32. The number of thiazole rings is 1. The molecule has 0 bridgehead atoms. The van der Waals surface area contributed by atoms with Crippen molar-refractivity contribution >= 4 is 33.4 Å². The van der Waals surface area contributed by atoms with Crippen LogP contribution >= 0.6 is 11.3 Å². The molecule has 0 N–H and O–H groups in total. The Labute approximate surface area is 165 Å². The van der Waals surface area contributed by atoms with Gasteiger partial charge < -0.3 is 18.6 Å². The molecule has 0 saturated heterocycles. The third kappa shape index (κ3) is 4.37. The largest absolute Gasteiger partial charge is 0.462 e. The Morgan fingerprint density at radius 3 is 2.75 bits per heavy atom. The van der Waals surface area contributed by atoms with Gasteiger partial charge in [0.15, 0.2) is 4.80 Å². The summed E-state index contributed by atoms with van der Waals surface area (Å²) in [5.41, 5.74) is 1.92. The van der Waals surface area contributed by atoms with Crippen molar-refractivity contribution in [2.24, 2.45) is 4.99 Å². The summed E-state index contributed by atoms with van der Waals surface area (Å²) < 4.78 is 18.2. The molecule has 0 atom stereocenters. The first-order chi connectivity index (χ1) is 13.5. The summed E-state index contributed by atoms with van der Waals surface area (Å²) in [6.07, 6.45) is 0. The van der Waals surface area contributed by atoms with E-state index >= 15 is 0 Å². The Morgan fingerprint density at radius 2 is 2.07 bits per heavy atom. The molecule has 0 aliphatic heterocycles. The van der Waals surface area contributed by atoms with Crippen LogP contribution in [0.25, 0.3) is 10.2 Å². The third-order valence-electron chi connectivity index (χ3n) is 3.89. The van der Waals surface area contributed by atoms with Crippen LogP contribution in [0.5, 0.6) is 0 Å². The molecule has 148 valence electrons. The highest BCUT2D eigenvalue weighted by Gasteiger charge is 2.15. The van der Waals surface area contributed by atoms with E-state index in [1.54, 1.807) is 32.0 Å². The molecule has 0 fully saturated rings. The van der Waals surface area contributed by atoms with Crippen LogP contribution in [-0.2, 0) is 16.0 Å². The monoisotopic (exact) mass is 403 g/mol. The van der Waals surface area contributed by atoms with Crippen LogP contribution in [-0.4, -0.2) is 41.4 Å². The lowest BCUT2D eigenvalue weighted by Crippen LogP contribution is -2.19. The van der Waals surface area contributed by atoms with Gasteiger partial charge in [0.2, 0.25) is 5.76 Å². The number of carbonyl (C=O) groups excluding carboxylic acids is 2. The Bertz CT molecular complexity index is 1060. The highest BCUT2D eigenvalue weighted by Crippen LogP contribution is 2.20. The minimum Gasteiger partial charge on any atom is -0.462 e. The van der Waals surface area contributed by atoms with Gasteiger partial charge in [0.05, 0.1) is 34.7 Å². The van der Waals surface area contributed by atoms with Crippen LogP contribution in [0.1, 0.15) is 40.5 Å². The fourth-order valence-corrected chi connectivity index (χ4v) is 3.72. The molecule has 2 heterocycles. The van der Waals surface area contributed by atoms with E-state index in [4.69, 9.17) is 14.0 Å². The SMILES string of the molecule is CCOCCn1c(=NC(=O)c2cc(C)no2)sc2cc(C(=O)OCC)ccc21. The van der Waals surface area contributed by atoms with Crippen LogP contribution in [0.15, 0.2) is 33.8 Å². The highest BCUT2D eigenvalue weighted by molar-refractivity contribution is 7.16. The maximum atomic E-state index is 12.4. The van der Waals surface area contributed by atoms with Gasteiger partial charge in [-0.2, -0.15) is 4.99 Å². The molecule has 0 aliphatic rings. The van der Waals surface area contributed by atoms with Gasteiger partial charge in [-0.25, -0.2) is 4.79 Å². The highest BCUT2D eigenvalue weighted by atomic mass is 32.1. The molecule has 0 aliphatic carbocycles. The van der Waals surface area contributed by atoms with Gasteiger partial charge in [0.1, 0.15) is 0 Å². The van der Waals surface area contributed by atoms with E-state index in [0.717, 1.165) is 10.2 Å². The second kappa shape index (κ2) is 8.94. The number of rotatable bonds is 7. The van der Waals surface area contributed by atoms with Gasteiger partial charge >= 0.3 is 11.9 Å². The number of aromatic nitrogens is 2. The van der Waals surface area contributed by atoms with Crippen LogP contribution in [0.4, 0.5) is 0 Å². The van der Waals surface area contributed by atoms with Crippen molar-refractivity contribution in [1.29, 1.82) is 0 Å². The molecule has 3 aromatic rings. The second-order valence-electron chi connectivity index (χ2n) is 5.89. The maximum Gasteiger partial charge on any atom is 0.338 e. The van der Waals surface area contributed by atoms with Crippen LogP contribution in [0.2, 0.25) is 0 Å². The Morgan fingerprint density at radius 1 is 1.25 bits per heavy atom. The zero-order chi connectivity index (χ0) is 20.1. The van der Waals surface area contributed by atoms with Crippen molar-refractivity contribution < 1.29 is 23.6 Å². The van der Waals surface area contributed by atoms with E-state index in [-0.39, 0.29) is 11.7 Å². The molecule has 9 heteroatoms. The Balaban J connectivity index is 2.05. The van der Waals surface area contributed by atoms with Gasteiger partial charge in [0, 0.05) is 19.2 Å². The van der Waals surface area contributed by atoms with Gasteiger partial charge in [-0.1, -0.05) is 16.5 Å². The topological polar surface area (TPSA) is 95.9 Å². The lowest BCUT2D eigenvalue weighted by atomic mass is 10.2. The van der Waals surface area contributed by atoms with Crippen molar-refractivity contribution in [2.45, 2.75) is 27.3 Å². The maximum absolute atomic E-state index is 12.4. The third-order valence-corrected chi connectivity index (χ3v) is 4.93. The molecule has 0 unspecified atom stereocenters. The number of fused-ring (bicyclic) bond motifs is 1. The summed E-state index contributed by atoms with van der Waals surface area (Å²) in [7, 11) is 0. The van der Waals surface area contributed by atoms with Crippen LogP contribution < -0.4 is 4.80 Å². The number of amides is 1. The number of ether oxygens (including phenoxy) is 2. The second-order valence-corrected chi connectivity index (χ2v) is 6.89. The summed E-state index contributed by atoms with van der Waals surface area (Å²) in [5.74, 6) is -0.813. The number of benzene rings is 1. The van der Waals surface area contributed by atoms with Gasteiger partial charge in [-0.05, 0) is 39.0 Å². The fourth-order valence-electron chi connectivity index (χ4n) is 2.62. The zero-order valence-electron chi connectivity index (χ0n) is 15.9. The molecule has 8 nitrogen and oxygen atoms in total. The standard InChI is InChI=1S/C19H21N3O5S/c1-4-25-9-8-22-14-7-6-13(18(24)26-5-2)11-16(14)28-19(22)20-17(23)15-10-12(3)21-27-15/h6-7,10-11H,4-5,8-9H2,1-3H3. The van der Waals surface area contributed by atoms with Crippen molar-refractivity contribution in [3.63, 3.8) is 0 Å². The van der Waals surface area contributed by atoms with Crippen LogP contribution in [0, 0.1) is 6.92 Å². The first-order valence-corrected chi connectivity index (χ1v) is 9.75. The first-order valence-electron chi connectivity index (χ1n) is 8.94. The quantitative estimate of drug-likeness (QED) is 0.445. The van der Waals surface area contributed by atoms with Crippen LogP contribution in [0.3, 0.4) is 0 Å². The first kappa shape index (κ1) is 20.0. The fraction of sp³-hybridized carbons (Fsp3) is 0.368. The molecular formula is C19H21N3O5S. The molecule has 0 radical (unpaired) electrons. The average molecular weight is 403 g/mol. The zero-order valence-corrected chi connectivity index (χ0v) is 16.7. The Hall–Kier alpha value is -2.78. The molecule has 1 aromatic carbocycles. The minimum atomic E-state index is -0.511. The number of carbonyl (C=O) groups is 2. The van der Waals surface area contributed by atoms with Gasteiger partial charge in [0.25, 0.3) is 0 Å². The van der Waals surface area contributed by atoms with Crippen molar-refractivity contribution in [3.8, 4) is 0 Å². The minimum absolute atomic E-state index is 0.0820. The summed E-state index contributed by atoms with van der Waals surface area (Å²) in [5, 5.41) is 3.72. The lowest BCUT2D eigenvalue weighted by molar-refractivity contribution is 0.0526. The van der Waals surface area contributed by atoms with Gasteiger partial charge in [-0.3, -0.25) is 4.79 Å². The molecule has 0 saturated carbocycles. The molecule has 0 spiro atoms. The molecular weight excluding hydrogens is 382 g/mol. The molecule has 3 rings (SSSR count). The molecule has 2 aromatic heterocycles. The summed E-state index contributed by atoms with van der Waals surface area (Å²) in [4.78, 5) is 29.2. The Kier molecular flexibility index (Phi) is 6.37. The van der Waals surface area contributed by atoms with Crippen molar-refractivity contribution in [1.82, 2.24) is 9.72 Å². The van der Waals surface area contributed by atoms with E-state index in [1.165, 1.54) is 11.3 Å². The number of hydrogen-bond acceptors (Lipinski definition) is 7. The number of aryl methyl sites for hydroxylation is 1. The van der Waals surface area contributed by atoms with Gasteiger partial charge in [-0.15, -0.1) is 0 Å². The van der Waals surface area contributed by atoms with Crippen molar-refractivity contribution in [2.75, 3.05) is 19.8 Å². The number of nitrogens with zero attached hydrogens (tertiary/aromatic N) is 3. The predicted octanol–water partition coefficient (Wildman–Crippen LogP) is 2.95. The van der Waals surface area contributed by atoms with E-state index in [2.05, 4.69) is 10.1 Å². The average Bonchev–Trinajstić information content (AvgIpc) is 3.25.